The monoisotopic (exact) mass is 363 g/mol. The molecule has 142 valence electrons. The van der Waals surface area contributed by atoms with Gasteiger partial charge in [-0.15, -0.1) is 0 Å². The molecule has 5 nitrogen and oxygen atoms in total. The molecule has 0 aromatic heterocycles. The van der Waals surface area contributed by atoms with Crippen LogP contribution in [0.5, 0.6) is 0 Å². The largest absolute Gasteiger partial charge is 0.469 e. The van der Waals surface area contributed by atoms with Gasteiger partial charge in [0.05, 0.1) is 19.6 Å². The van der Waals surface area contributed by atoms with Gasteiger partial charge in [0.2, 0.25) is 0 Å². The fourth-order valence-corrected chi connectivity index (χ4v) is 3.67. The lowest BCUT2D eigenvalue weighted by Crippen LogP contribution is -2.51. The zero-order valence-electron chi connectivity index (χ0n) is 15.7. The molecule has 6 heteroatoms. The Labute approximate surface area is 153 Å². The molecule has 0 aliphatic carbocycles. The fraction of sp³-hybridized carbons (Fsp3) is 0.500. The summed E-state index contributed by atoms with van der Waals surface area (Å²) in [7, 11) is 1.32. The molecule has 1 saturated heterocycles. The number of benzene rings is 1. The molecule has 0 spiro atoms. The van der Waals surface area contributed by atoms with Crippen LogP contribution in [0.2, 0.25) is 0 Å². The molecule has 1 unspecified atom stereocenters. The van der Waals surface area contributed by atoms with Crippen LogP contribution >= 0.6 is 0 Å². The summed E-state index contributed by atoms with van der Waals surface area (Å²) in [6.45, 7) is 6.41. The highest BCUT2D eigenvalue weighted by molar-refractivity contribution is 5.87. The summed E-state index contributed by atoms with van der Waals surface area (Å²) in [6.07, 6.45) is 0.422. The van der Waals surface area contributed by atoms with E-state index in [-0.39, 0.29) is 23.7 Å². The Balaban J connectivity index is 2.65. The van der Waals surface area contributed by atoms with Gasteiger partial charge in [-0.05, 0) is 47.1 Å². The molecular weight excluding hydrogens is 337 g/mol. The van der Waals surface area contributed by atoms with Crippen molar-refractivity contribution in [1.82, 2.24) is 4.90 Å². The number of carbonyl (C=O) groups is 2. The standard InChI is InChI=1S/C20H26FNO4/c1-20(2,3)18-15(6-5-11-22(18)19(24)25)16(12-17(23)26-4)13-7-9-14(21)10-8-13/h7-10,18H,5-6,11-12H2,1-4H3,(H,24,25). The van der Waals surface area contributed by atoms with Crippen LogP contribution in [0.15, 0.2) is 29.8 Å². The minimum Gasteiger partial charge on any atom is -0.469 e. The Morgan fingerprint density at radius 1 is 1.27 bits per heavy atom. The van der Waals surface area contributed by atoms with Gasteiger partial charge in [-0.25, -0.2) is 9.18 Å². The maximum Gasteiger partial charge on any atom is 0.407 e. The van der Waals surface area contributed by atoms with Gasteiger partial charge >= 0.3 is 12.1 Å². The quantitative estimate of drug-likeness (QED) is 0.812. The smallest absolute Gasteiger partial charge is 0.407 e. The van der Waals surface area contributed by atoms with Gasteiger partial charge in [-0.1, -0.05) is 32.9 Å². The second-order valence-electron chi connectivity index (χ2n) is 7.61. The van der Waals surface area contributed by atoms with Gasteiger partial charge in [-0.2, -0.15) is 0 Å². The number of piperidine rings is 1. The van der Waals surface area contributed by atoms with Crippen LogP contribution in [0.25, 0.3) is 5.57 Å². The minimum atomic E-state index is -0.973. The SMILES string of the molecule is COC(=O)CC(=C1CCCN(C(=O)O)C1C(C)(C)C)c1ccc(F)cc1. The molecule has 1 aromatic carbocycles. The highest BCUT2D eigenvalue weighted by Crippen LogP contribution is 2.40. The third-order valence-electron chi connectivity index (χ3n) is 4.68. The summed E-state index contributed by atoms with van der Waals surface area (Å²) in [5.74, 6) is -0.767. The first kappa shape index (κ1) is 19.9. The fourth-order valence-electron chi connectivity index (χ4n) is 3.67. The Hall–Kier alpha value is -2.37. The molecule has 0 radical (unpaired) electrons. The molecule has 1 aliphatic heterocycles. The molecule has 0 bridgehead atoms. The summed E-state index contributed by atoms with van der Waals surface area (Å²) in [6, 6.07) is 5.58. The summed E-state index contributed by atoms with van der Waals surface area (Å²) < 4.78 is 18.2. The zero-order valence-corrected chi connectivity index (χ0v) is 15.7. The number of likely N-dealkylation sites (tertiary alicyclic amines) is 1. The van der Waals surface area contributed by atoms with Crippen molar-refractivity contribution in [1.29, 1.82) is 0 Å². The van der Waals surface area contributed by atoms with Gasteiger partial charge in [0.25, 0.3) is 0 Å². The maximum absolute atomic E-state index is 13.4. The number of halogens is 1. The zero-order chi connectivity index (χ0) is 19.5. The van der Waals surface area contributed by atoms with Crippen LogP contribution in [0, 0.1) is 11.2 Å². The molecule has 26 heavy (non-hydrogen) atoms. The van der Waals surface area contributed by atoms with E-state index >= 15 is 0 Å². The van der Waals surface area contributed by atoms with Crippen LogP contribution < -0.4 is 0 Å². The van der Waals surface area contributed by atoms with E-state index in [1.165, 1.54) is 24.1 Å². The van der Waals surface area contributed by atoms with Crippen molar-refractivity contribution in [2.75, 3.05) is 13.7 Å². The molecule has 1 aliphatic rings. The Bertz CT molecular complexity index is 704. The number of carbonyl (C=O) groups excluding carboxylic acids is 1. The van der Waals surface area contributed by atoms with E-state index in [0.29, 0.717) is 24.9 Å². The average molecular weight is 363 g/mol. The van der Waals surface area contributed by atoms with Gasteiger partial charge in [0.15, 0.2) is 0 Å². The Morgan fingerprint density at radius 2 is 1.88 bits per heavy atom. The van der Waals surface area contributed by atoms with Crippen molar-refractivity contribution in [3.63, 3.8) is 0 Å². The number of amides is 1. The van der Waals surface area contributed by atoms with E-state index in [0.717, 1.165) is 11.1 Å². The first-order valence-corrected chi connectivity index (χ1v) is 8.69. The lowest BCUT2D eigenvalue weighted by Gasteiger charge is -2.44. The highest BCUT2D eigenvalue weighted by Gasteiger charge is 2.40. The Kier molecular flexibility index (Phi) is 6.05. The second kappa shape index (κ2) is 7.89. The van der Waals surface area contributed by atoms with E-state index in [1.807, 2.05) is 20.8 Å². The molecule has 1 aromatic rings. The molecule has 1 fully saturated rings. The second-order valence-corrected chi connectivity index (χ2v) is 7.61. The third-order valence-corrected chi connectivity index (χ3v) is 4.68. The predicted molar refractivity (Wildman–Crippen MR) is 97.2 cm³/mol. The van der Waals surface area contributed by atoms with E-state index < -0.39 is 12.1 Å². The lowest BCUT2D eigenvalue weighted by atomic mass is 9.74. The van der Waals surface area contributed by atoms with Gasteiger partial charge < -0.3 is 14.7 Å². The molecule has 1 atom stereocenters. The molecular formula is C20H26FNO4. The van der Waals surface area contributed by atoms with Gasteiger partial charge in [0.1, 0.15) is 5.82 Å². The number of carboxylic acid groups (broad SMARTS) is 1. The van der Waals surface area contributed by atoms with Crippen molar-refractivity contribution >= 4 is 17.6 Å². The highest BCUT2D eigenvalue weighted by atomic mass is 19.1. The summed E-state index contributed by atoms with van der Waals surface area (Å²) in [5, 5.41) is 9.67. The van der Waals surface area contributed by atoms with Crippen LogP contribution in [0.3, 0.4) is 0 Å². The van der Waals surface area contributed by atoms with Crippen molar-refractivity contribution in [2.24, 2.45) is 5.41 Å². The number of rotatable bonds is 3. The first-order valence-electron chi connectivity index (χ1n) is 8.69. The molecule has 0 saturated carbocycles. The van der Waals surface area contributed by atoms with Crippen LogP contribution in [0.1, 0.15) is 45.6 Å². The van der Waals surface area contributed by atoms with Crippen molar-refractivity contribution in [3.8, 4) is 0 Å². The van der Waals surface area contributed by atoms with E-state index in [1.54, 1.807) is 12.1 Å². The average Bonchev–Trinajstić information content (AvgIpc) is 2.58. The number of hydrogen-bond donors (Lipinski definition) is 1. The van der Waals surface area contributed by atoms with Crippen LogP contribution in [-0.4, -0.2) is 41.8 Å². The molecule has 2 rings (SSSR count). The molecule has 1 N–H and O–H groups in total. The molecule has 1 amide bonds. The number of methoxy groups -OCH3 is 1. The number of esters is 1. The van der Waals surface area contributed by atoms with Crippen LogP contribution in [0.4, 0.5) is 9.18 Å². The first-order chi connectivity index (χ1) is 12.1. The van der Waals surface area contributed by atoms with E-state index in [9.17, 15) is 19.1 Å². The number of hydrogen-bond acceptors (Lipinski definition) is 3. The topological polar surface area (TPSA) is 66.8 Å². The lowest BCUT2D eigenvalue weighted by molar-refractivity contribution is -0.139. The third kappa shape index (κ3) is 4.42. The Morgan fingerprint density at radius 3 is 2.38 bits per heavy atom. The summed E-state index contributed by atoms with van der Waals surface area (Å²) in [4.78, 5) is 25.3. The summed E-state index contributed by atoms with van der Waals surface area (Å²) in [5.41, 5.74) is 1.99. The summed E-state index contributed by atoms with van der Waals surface area (Å²) >= 11 is 0. The van der Waals surface area contributed by atoms with Crippen molar-refractivity contribution in [3.05, 3.63) is 41.2 Å². The normalized spacial score (nSPS) is 19.9. The number of ether oxygens (including phenoxy) is 1. The van der Waals surface area contributed by atoms with Crippen LogP contribution in [-0.2, 0) is 9.53 Å². The minimum absolute atomic E-state index is 0.0253. The van der Waals surface area contributed by atoms with Gasteiger partial charge in [0, 0.05) is 6.54 Å². The predicted octanol–water partition coefficient (Wildman–Crippen LogP) is 4.33. The maximum atomic E-state index is 13.4. The van der Waals surface area contributed by atoms with E-state index in [2.05, 4.69) is 0 Å². The van der Waals surface area contributed by atoms with Crippen molar-refractivity contribution < 1.29 is 23.8 Å². The van der Waals surface area contributed by atoms with E-state index in [4.69, 9.17) is 4.74 Å². The number of nitrogens with zero attached hydrogens (tertiary/aromatic N) is 1. The van der Waals surface area contributed by atoms with Gasteiger partial charge in [-0.3, -0.25) is 4.79 Å². The molecule has 1 heterocycles. The van der Waals surface area contributed by atoms with Crippen molar-refractivity contribution in [2.45, 2.75) is 46.1 Å².